The molecule has 34 heavy (non-hydrogen) atoms. The third kappa shape index (κ3) is 4.71. The molecule has 3 aromatic rings. The van der Waals surface area contributed by atoms with E-state index in [0.29, 0.717) is 9.83 Å². The molecular formula is C18H13F3N6O5S2. The SMILES string of the molecule is N#Cc1ncc2sc(N3CCN(S(=O)(=O)c4ccc(OC(F)(F)F)cc4)[C@@H](C(=O)O)C3)nc2n1. The number of alkyl halides is 3. The van der Waals surface area contributed by atoms with Gasteiger partial charge in [0.1, 0.15) is 17.9 Å². The van der Waals surface area contributed by atoms with Gasteiger partial charge in [0.25, 0.3) is 0 Å². The number of rotatable bonds is 5. The number of nitrogens with zero attached hydrogens (tertiary/aromatic N) is 6. The molecule has 11 nitrogen and oxygen atoms in total. The van der Waals surface area contributed by atoms with Crippen molar-refractivity contribution < 1.29 is 36.2 Å². The van der Waals surface area contributed by atoms with Crippen molar-refractivity contribution >= 4 is 42.8 Å². The fourth-order valence-corrected chi connectivity index (χ4v) is 5.77. The molecule has 0 radical (unpaired) electrons. The van der Waals surface area contributed by atoms with Gasteiger partial charge >= 0.3 is 12.3 Å². The summed E-state index contributed by atoms with van der Waals surface area (Å²) in [5.74, 6) is -2.09. The van der Waals surface area contributed by atoms with Gasteiger partial charge in [-0.3, -0.25) is 4.79 Å². The molecule has 1 fully saturated rings. The lowest BCUT2D eigenvalue weighted by molar-refractivity contribution is -0.274. The van der Waals surface area contributed by atoms with Gasteiger partial charge in [-0.2, -0.15) is 19.5 Å². The Morgan fingerprint density at radius 2 is 1.94 bits per heavy atom. The van der Waals surface area contributed by atoms with Gasteiger partial charge in [-0.1, -0.05) is 11.3 Å². The van der Waals surface area contributed by atoms with Gasteiger partial charge in [0, 0.05) is 19.6 Å². The molecule has 0 aliphatic carbocycles. The Balaban J connectivity index is 1.57. The summed E-state index contributed by atoms with van der Waals surface area (Å²) in [5.41, 5.74) is 0.259. The van der Waals surface area contributed by atoms with Crippen LogP contribution < -0.4 is 9.64 Å². The van der Waals surface area contributed by atoms with E-state index in [1.165, 1.54) is 6.20 Å². The number of nitriles is 1. The van der Waals surface area contributed by atoms with Gasteiger partial charge in [0.05, 0.1) is 15.8 Å². The van der Waals surface area contributed by atoms with Crippen molar-refractivity contribution in [1.29, 1.82) is 5.26 Å². The van der Waals surface area contributed by atoms with Gasteiger partial charge < -0.3 is 14.7 Å². The molecule has 0 saturated carbocycles. The van der Waals surface area contributed by atoms with Crippen molar-refractivity contribution in [2.75, 3.05) is 24.5 Å². The lowest BCUT2D eigenvalue weighted by Crippen LogP contribution is -2.58. The molecule has 178 valence electrons. The van der Waals surface area contributed by atoms with Crippen LogP contribution in [0.2, 0.25) is 0 Å². The van der Waals surface area contributed by atoms with Crippen LogP contribution in [0.1, 0.15) is 5.82 Å². The summed E-state index contributed by atoms with van der Waals surface area (Å²) >= 11 is 1.16. The van der Waals surface area contributed by atoms with Gasteiger partial charge in [-0.15, -0.1) is 13.2 Å². The number of sulfonamides is 1. The first-order chi connectivity index (χ1) is 16.0. The number of thiazole rings is 1. The van der Waals surface area contributed by atoms with Crippen LogP contribution in [0, 0.1) is 11.3 Å². The number of benzene rings is 1. The molecule has 1 N–H and O–H groups in total. The van der Waals surface area contributed by atoms with E-state index >= 15 is 0 Å². The summed E-state index contributed by atoms with van der Waals surface area (Å²) in [6, 6.07) is 3.82. The number of fused-ring (bicyclic) bond motifs is 1. The Bertz CT molecular complexity index is 1390. The molecule has 16 heteroatoms. The summed E-state index contributed by atoms with van der Waals surface area (Å²) in [6.07, 6.45) is -3.52. The highest BCUT2D eigenvalue weighted by molar-refractivity contribution is 7.89. The van der Waals surface area contributed by atoms with E-state index in [2.05, 4.69) is 19.7 Å². The molecule has 0 spiro atoms. The molecule has 1 saturated heterocycles. The lowest BCUT2D eigenvalue weighted by atomic mass is 10.2. The maximum Gasteiger partial charge on any atom is 0.573 e. The molecule has 2 aromatic heterocycles. The third-order valence-corrected chi connectivity index (χ3v) is 7.75. The number of carbonyl (C=O) groups is 1. The van der Waals surface area contributed by atoms with Crippen LogP contribution in [0.5, 0.6) is 5.75 Å². The number of carboxylic acids is 1. The first kappa shape index (κ1) is 23.6. The smallest absolute Gasteiger partial charge is 0.480 e. The number of halogens is 3. The average Bonchev–Trinajstić information content (AvgIpc) is 3.21. The fourth-order valence-electron chi connectivity index (χ4n) is 3.29. The Morgan fingerprint density at radius 3 is 2.56 bits per heavy atom. The molecular weight excluding hydrogens is 501 g/mol. The second-order valence-corrected chi connectivity index (χ2v) is 9.82. The van der Waals surface area contributed by atoms with E-state index < -0.39 is 34.1 Å². The van der Waals surface area contributed by atoms with Crippen LogP contribution in [-0.4, -0.2) is 70.8 Å². The quantitative estimate of drug-likeness (QED) is 0.534. The van der Waals surface area contributed by atoms with Crippen molar-refractivity contribution in [2.24, 2.45) is 0 Å². The summed E-state index contributed by atoms with van der Waals surface area (Å²) < 4.78 is 68.3. The van der Waals surface area contributed by atoms with Crippen molar-refractivity contribution in [2.45, 2.75) is 17.3 Å². The second kappa shape index (κ2) is 8.66. The highest BCUT2D eigenvalue weighted by Gasteiger charge is 2.41. The predicted molar refractivity (Wildman–Crippen MR) is 111 cm³/mol. The van der Waals surface area contributed by atoms with Crippen molar-refractivity contribution in [3.8, 4) is 11.8 Å². The Labute approximate surface area is 193 Å². The van der Waals surface area contributed by atoms with Crippen molar-refractivity contribution in [3.05, 3.63) is 36.3 Å². The number of piperazine rings is 1. The number of ether oxygens (including phenoxy) is 1. The molecule has 3 heterocycles. The van der Waals surface area contributed by atoms with E-state index in [-0.39, 0.29) is 36.0 Å². The minimum Gasteiger partial charge on any atom is -0.480 e. The first-order valence-corrected chi connectivity index (χ1v) is 11.6. The number of aliphatic carboxylic acids is 1. The van der Waals surface area contributed by atoms with Crippen LogP contribution in [0.4, 0.5) is 18.3 Å². The molecule has 0 unspecified atom stereocenters. The number of hydrogen-bond donors (Lipinski definition) is 1. The van der Waals surface area contributed by atoms with Crippen LogP contribution in [-0.2, 0) is 14.8 Å². The van der Waals surface area contributed by atoms with Crippen LogP contribution in [0.25, 0.3) is 10.3 Å². The summed E-state index contributed by atoms with van der Waals surface area (Å²) in [6.45, 7) is -0.357. The molecule has 4 rings (SSSR count). The van der Waals surface area contributed by atoms with E-state index in [4.69, 9.17) is 5.26 Å². The largest absolute Gasteiger partial charge is 0.573 e. The van der Waals surface area contributed by atoms with E-state index in [9.17, 15) is 31.5 Å². The maximum absolute atomic E-state index is 13.1. The zero-order chi connectivity index (χ0) is 24.7. The summed E-state index contributed by atoms with van der Waals surface area (Å²) in [7, 11) is -4.34. The summed E-state index contributed by atoms with van der Waals surface area (Å²) in [4.78, 5) is 25.3. The predicted octanol–water partition coefficient (Wildman–Crippen LogP) is 1.82. The number of hydrogen-bond acceptors (Lipinski definition) is 10. The zero-order valence-electron chi connectivity index (χ0n) is 16.8. The fraction of sp³-hybridized carbons (Fsp3) is 0.278. The maximum atomic E-state index is 13.1. The number of anilines is 1. The molecule has 0 amide bonds. The minimum absolute atomic E-state index is 0.0738. The number of carboxylic acid groups (broad SMARTS) is 1. The van der Waals surface area contributed by atoms with Crippen LogP contribution in [0.15, 0.2) is 35.4 Å². The normalized spacial score (nSPS) is 17.5. The zero-order valence-corrected chi connectivity index (χ0v) is 18.4. The number of aromatic nitrogens is 3. The van der Waals surface area contributed by atoms with Gasteiger partial charge in [0.15, 0.2) is 10.8 Å². The van der Waals surface area contributed by atoms with Gasteiger partial charge in [-0.05, 0) is 24.3 Å². The first-order valence-electron chi connectivity index (χ1n) is 9.37. The second-order valence-electron chi connectivity index (χ2n) is 6.92. The van der Waals surface area contributed by atoms with Crippen molar-refractivity contribution in [1.82, 2.24) is 19.3 Å². The van der Waals surface area contributed by atoms with Gasteiger partial charge in [-0.25, -0.2) is 13.4 Å². The molecule has 1 atom stereocenters. The summed E-state index contributed by atoms with van der Waals surface area (Å²) in [5, 5.41) is 19.0. The van der Waals surface area contributed by atoms with Crippen LogP contribution >= 0.6 is 11.3 Å². The monoisotopic (exact) mass is 514 g/mol. The van der Waals surface area contributed by atoms with Crippen molar-refractivity contribution in [3.63, 3.8) is 0 Å². The Hall–Kier alpha value is -3.55. The highest BCUT2D eigenvalue weighted by atomic mass is 32.2. The minimum atomic E-state index is -4.94. The average molecular weight is 514 g/mol. The van der Waals surface area contributed by atoms with Gasteiger partial charge in [0.2, 0.25) is 15.8 Å². The topological polar surface area (TPSA) is 150 Å². The molecule has 1 aliphatic heterocycles. The van der Waals surface area contributed by atoms with Crippen LogP contribution in [0.3, 0.4) is 0 Å². The molecule has 1 aliphatic rings. The molecule has 0 bridgehead atoms. The molecule has 1 aromatic carbocycles. The Kier molecular flexibility index (Phi) is 6.02. The lowest BCUT2D eigenvalue weighted by Gasteiger charge is -2.38. The third-order valence-electron chi connectivity index (χ3n) is 4.79. The van der Waals surface area contributed by atoms with E-state index in [1.54, 1.807) is 11.0 Å². The van der Waals surface area contributed by atoms with E-state index in [1.807, 2.05) is 0 Å². The van der Waals surface area contributed by atoms with E-state index in [0.717, 1.165) is 39.9 Å². The highest BCUT2D eigenvalue weighted by Crippen LogP contribution is 2.31. The standard InChI is InChI=1S/C18H13F3N6O5S2/c19-18(20,21)32-10-1-3-11(4-2-10)34(30,31)27-6-5-26(9-12(27)16(28)29)17-25-15-13(33-17)8-23-14(7-22)24-15/h1-4,8,12H,5-6,9H2,(H,28,29)/t12-/m1/s1. The Morgan fingerprint density at radius 1 is 1.24 bits per heavy atom.